The Kier molecular flexibility index (Phi) is 7.07. The largest absolute Gasteiger partial charge is 0.356 e. The quantitative estimate of drug-likeness (QED) is 0.713. The van der Waals surface area contributed by atoms with Crippen LogP contribution in [0.2, 0.25) is 0 Å². The predicted molar refractivity (Wildman–Crippen MR) is 76.7 cm³/mol. The van der Waals surface area contributed by atoms with Crippen LogP contribution in [0.4, 0.5) is 0 Å². The molecule has 1 atom stereocenters. The molecule has 19 heavy (non-hydrogen) atoms. The molecule has 0 spiro atoms. The van der Waals surface area contributed by atoms with E-state index in [0.717, 1.165) is 18.7 Å². The van der Waals surface area contributed by atoms with Crippen LogP contribution in [0.15, 0.2) is 24.4 Å². The highest BCUT2D eigenvalue weighted by atomic mass is 16.1. The third-order valence-corrected chi connectivity index (χ3v) is 3.14. The molecule has 0 fully saturated rings. The Balaban J connectivity index is 2.41. The number of carbonyl (C=O) groups is 1. The van der Waals surface area contributed by atoms with E-state index in [9.17, 15) is 4.79 Å². The fourth-order valence-corrected chi connectivity index (χ4v) is 1.92. The van der Waals surface area contributed by atoms with Gasteiger partial charge in [-0.05, 0) is 26.1 Å². The van der Waals surface area contributed by atoms with E-state index < -0.39 is 0 Å². The normalized spacial score (nSPS) is 12.4. The smallest absolute Gasteiger partial charge is 0.221 e. The molecule has 5 nitrogen and oxygen atoms in total. The number of nitrogens with one attached hydrogen (secondary N) is 1. The van der Waals surface area contributed by atoms with E-state index >= 15 is 0 Å². The first-order valence-electron chi connectivity index (χ1n) is 6.74. The number of rotatable bonds is 8. The van der Waals surface area contributed by atoms with Gasteiger partial charge < -0.3 is 16.0 Å². The van der Waals surface area contributed by atoms with Gasteiger partial charge in [0.15, 0.2) is 0 Å². The van der Waals surface area contributed by atoms with Crippen molar-refractivity contribution in [3.05, 3.63) is 30.1 Å². The van der Waals surface area contributed by atoms with Gasteiger partial charge in [-0.3, -0.25) is 9.78 Å². The number of pyridine rings is 1. The van der Waals surface area contributed by atoms with Gasteiger partial charge in [0, 0.05) is 50.4 Å². The maximum atomic E-state index is 11.6. The van der Waals surface area contributed by atoms with Crippen LogP contribution in [-0.4, -0.2) is 48.5 Å². The van der Waals surface area contributed by atoms with Crippen molar-refractivity contribution < 1.29 is 4.79 Å². The molecular weight excluding hydrogens is 240 g/mol. The second kappa shape index (κ2) is 8.61. The molecule has 3 N–H and O–H groups in total. The summed E-state index contributed by atoms with van der Waals surface area (Å²) in [6.45, 7) is 3.90. The van der Waals surface area contributed by atoms with E-state index in [2.05, 4.69) is 15.2 Å². The number of likely N-dealkylation sites (N-methyl/N-ethyl adjacent to an activating group) is 1. The maximum Gasteiger partial charge on any atom is 0.221 e. The summed E-state index contributed by atoms with van der Waals surface area (Å²) in [6, 6.07) is 5.98. The number of nitrogens with two attached hydrogens (primary N) is 1. The van der Waals surface area contributed by atoms with Crippen LogP contribution in [0.5, 0.6) is 0 Å². The standard InChI is InChI=1S/C14H24N4O/c1-3-16-14(19)10-13(11-15)18(2)9-7-12-6-4-5-8-17-12/h4-6,8,13H,3,7,9-11,15H2,1-2H3,(H,16,19). The molecule has 1 amide bonds. The first kappa shape index (κ1) is 15.6. The lowest BCUT2D eigenvalue weighted by atomic mass is 10.1. The minimum atomic E-state index is 0.0580. The fraction of sp³-hybridized carbons (Fsp3) is 0.571. The van der Waals surface area contributed by atoms with Gasteiger partial charge in [0.2, 0.25) is 5.91 Å². The van der Waals surface area contributed by atoms with E-state index in [1.54, 1.807) is 6.20 Å². The summed E-state index contributed by atoms with van der Waals surface area (Å²) in [4.78, 5) is 18.0. The summed E-state index contributed by atoms with van der Waals surface area (Å²) in [5, 5.41) is 2.81. The van der Waals surface area contributed by atoms with E-state index in [4.69, 9.17) is 5.73 Å². The van der Waals surface area contributed by atoms with Crippen LogP contribution in [0.3, 0.4) is 0 Å². The molecule has 1 aromatic heterocycles. The number of hydrogen-bond donors (Lipinski definition) is 2. The molecule has 0 aliphatic rings. The highest BCUT2D eigenvalue weighted by Gasteiger charge is 2.16. The lowest BCUT2D eigenvalue weighted by molar-refractivity contribution is -0.122. The highest BCUT2D eigenvalue weighted by molar-refractivity contribution is 5.76. The summed E-state index contributed by atoms with van der Waals surface area (Å²) in [5.74, 6) is 0.0580. The lowest BCUT2D eigenvalue weighted by Gasteiger charge is -2.26. The molecule has 0 aliphatic heterocycles. The monoisotopic (exact) mass is 264 g/mol. The Morgan fingerprint density at radius 3 is 2.89 bits per heavy atom. The van der Waals surface area contributed by atoms with Crippen LogP contribution in [-0.2, 0) is 11.2 Å². The average Bonchev–Trinajstić information content (AvgIpc) is 2.43. The van der Waals surface area contributed by atoms with Gasteiger partial charge in [0.25, 0.3) is 0 Å². The number of carbonyl (C=O) groups excluding carboxylic acids is 1. The van der Waals surface area contributed by atoms with Gasteiger partial charge in [-0.25, -0.2) is 0 Å². The molecular formula is C14H24N4O. The number of hydrogen-bond acceptors (Lipinski definition) is 4. The third kappa shape index (κ3) is 5.81. The van der Waals surface area contributed by atoms with Gasteiger partial charge in [-0.15, -0.1) is 0 Å². The van der Waals surface area contributed by atoms with Crippen molar-refractivity contribution in [2.75, 3.05) is 26.7 Å². The zero-order valence-electron chi connectivity index (χ0n) is 11.8. The Morgan fingerprint density at radius 1 is 1.53 bits per heavy atom. The van der Waals surface area contributed by atoms with E-state index in [0.29, 0.717) is 19.5 Å². The molecule has 1 rings (SSSR count). The minimum absolute atomic E-state index is 0.0580. The maximum absolute atomic E-state index is 11.6. The minimum Gasteiger partial charge on any atom is -0.356 e. The van der Waals surface area contributed by atoms with Crippen LogP contribution >= 0.6 is 0 Å². The van der Waals surface area contributed by atoms with Crippen LogP contribution in [0.25, 0.3) is 0 Å². The predicted octanol–water partition coefficient (Wildman–Crippen LogP) is 0.409. The molecule has 0 saturated heterocycles. The van der Waals surface area contributed by atoms with Crippen molar-refractivity contribution in [1.29, 1.82) is 0 Å². The van der Waals surface area contributed by atoms with Crippen LogP contribution < -0.4 is 11.1 Å². The average molecular weight is 264 g/mol. The molecule has 5 heteroatoms. The molecule has 0 aromatic carbocycles. The van der Waals surface area contributed by atoms with Crippen molar-refractivity contribution in [2.24, 2.45) is 5.73 Å². The van der Waals surface area contributed by atoms with Crippen molar-refractivity contribution in [3.8, 4) is 0 Å². The van der Waals surface area contributed by atoms with E-state index in [1.807, 2.05) is 32.2 Å². The summed E-state index contributed by atoms with van der Waals surface area (Å²) in [7, 11) is 2.00. The molecule has 106 valence electrons. The second-order valence-corrected chi connectivity index (χ2v) is 4.60. The number of nitrogens with zero attached hydrogens (tertiary/aromatic N) is 2. The van der Waals surface area contributed by atoms with Crippen LogP contribution in [0.1, 0.15) is 19.0 Å². The molecule has 0 bridgehead atoms. The summed E-state index contributed by atoms with van der Waals surface area (Å²) in [6.07, 6.45) is 3.11. The summed E-state index contributed by atoms with van der Waals surface area (Å²) >= 11 is 0. The van der Waals surface area contributed by atoms with Gasteiger partial charge in [-0.2, -0.15) is 0 Å². The Morgan fingerprint density at radius 2 is 2.32 bits per heavy atom. The molecule has 1 heterocycles. The summed E-state index contributed by atoms with van der Waals surface area (Å²) < 4.78 is 0. The SMILES string of the molecule is CCNC(=O)CC(CN)N(C)CCc1ccccn1. The zero-order valence-corrected chi connectivity index (χ0v) is 11.8. The summed E-state index contributed by atoms with van der Waals surface area (Å²) in [5.41, 5.74) is 6.81. The van der Waals surface area contributed by atoms with Crippen LogP contribution in [0, 0.1) is 0 Å². The van der Waals surface area contributed by atoms with Gasteiger partial charge in [-0.1, -0.05) is 6.07 Å². The lowest BCUT2D eigenvalue weighted by Crippen LogP contribution is -2.42. The van der Waals surface area contributed by atoms with Crippen molar-refractivity contribution >= 4 is 5.91 Å². The van der Waals surface area contributed by atoms with Gasteiger partial charge in [0.1, 0.15) is 0 Å². The molecule has 0 radical (unpaired) electrons. The topological polar surface area (TPSA) is 71.2 Å². The fourth-order valence-electron chi connectivity index (χ4n) is 1.92. The first-order valence-corrected chi connectivity index (χ1v) is 6.74. The van der Waals surface area contributed by atoms with Crippen molar-refractivity contribution in [1.82, 2.24) is 15.2 Å². The Labute approximate surface area is 115 Å². The van der Waals surface area contributed by atoms with Crippen molar-refractivity contribution in [2.45, 2.75) is 25.8 Å². The Bertz CT molecular complexity index is 369. The van der Waals surface area contributed by atoms with E-state index in [-0.39, 0.29) is 11.9 Å². The molecule has 0 aliphatic carbocycles. The molecule has 1 aromatic rings. The Hall–Kier alpha value is -1.46. The van der Waals surface area contributed by atoms with Gasteiger partial charge >= 0.3 is 0 Å². The number of amides is 1. The van der Waals surface area contributed by atoms with Crippen molar-refractivity contribution in [3.63, 3.8) is 0 Å². The number of aromatic nitrogens is 1. The first-order chi connectivity index (χ1) is 9.17. The second-order valence-electron chi connectivity index (χ2n) is 4.60. The zero-order chi connectivity index (χ0) is 14.1. The third-order valence-electron chi connectivity index (χ3n) is 3.14. The molecule has 0 saturated carbocycles. The van der Waals surface area contributed by atoms with E-state index in [1.165, 1.54) is 0 Å². The van der Waals surface area contributed by atoms with Gasteiger partial charge in [0.05, 0.1) is 0 Å². The molecule has 1 unspecified atom stereocenters. The highest BCUT2D eigenvalue weighted by Crippen LogP contribution is 2.03.